The number of thiazole rings is 1. The molecule has 1 fully saturated rings. The second kappa shape index (κ2) is 10.4. The molecule has 3 heterocycles. The Kier molecular flexibility index (Phi) is 7.85. The molecule has 0 spiro atoms. The Morgan fingerprint density at radius 2 is 1.81 bits per heavy atom. The van der Waals surface area contributed by atoms with Crippen LogP contribution in [0.3, 0.4) is 0 Å². The lowest BCUT2D eigenvalue weighted by atomic mass is 9.96. The van der Waals surface area contributed by atoms with E-state index in [2.05, 4.69) is 39.2 Å². The van der Waals surface area contributed by atoms with Gasteiger partial charge in [-0.05, 0) is 24.0 Å². The molecule has 2 N–H and O–H groups in total. The van der Waals surface area contributed by atoms with Gasteiger partial charge in [0, 0.05) is 18.9 Å². The van der Waals surface area contributed by atoms with E-state index in [1.807, 2.05) is 53.2 Å². The van der Waals surface area contributed by atoms with Crippen molar-refractivity contribution in [2.45, 2.75) is 60.1 Å². The average Bonchev–Trinajstić information content (AvgIpc) is 3.53. The van der Waals surface area contributed by atoms with Gasteiger partial charge in [-0.3, -0.25) is 4.79 Å². The third-order valence-electron chi connectivity index (χ3n) is 6.07. The van der Waals surface area contributed by atoms with Crippen LogP contribution in [-0.2, 0) is 4.79 Å². The summed E-state index contributed by atoms with van der Waals surface area (Å²) in [5.74, 6) is 0.973. The Hall–Kier alpha value is -2.51. The number of aromatic amines is 1. The lowest BCUT2D eigenvalue weighted by molar-refractivity contribution is -0.137. The molecule has 0 bridgehead atoms. The molecule has 0 radical (unpaired) electrons. The van der Waals surface area contributed by atoms with E-state index < -0.39 is 6.10 Å². The van der Waals surface area contributed by atoms with Gasteiger partial charge in [-0.2, -0.15) is 0 Å². The second-order valence-corrected chi connectivity index (χ2v) is 9.31. The monoisotopic (exact) mass is 454 g/mol. The second-order valence-electron chi connectivity index (χ2n) is 8.45. The number of hydrogen-bond acceptors (Lipinski definition) is 5. The normalized spacial score (nSPS) is 19.1. The molecular formula is C25H34N4O2S. The van der Waals surface area contributed by atoms with Crippen molar-refractivity contribution in [2.75, 3.05) is 6.54 Å². The minimum atomic E-state index is -0.520. The molecule has 32 heavy (non-hydrogen) atoms. The van der Waals surface area contributed by atoms with Gasteiger partial charge in [-0.25, -0.2) is 9.97 Å². The van der Waals surface area contributed by atoms with Crippen molar-refractivity contribution in [3.63, 3.8) is 0 Å². The van der Waals surface area contributed by atoms with Gasteiger partial charge in [-0.1, -0.05) is 58.9 Å². The number of nitrogens with one attached hydrogen (secondary N) is 1. The molecule has 6 nitrogen and oxygen atoms in total. The summed E-state index contributed by atoms with van der Waals surface area (Å²) in [6.07, 6.45) is 1.79. The molecule has 3 atom stereocenters. The number of aliphatic hydroxyl groups is 1. The van der Waals surface area contributed by atoms with Crippen LogP contribution < -0.4 is 0 Å². The van der Waals surface area contributed by atoms with Gasteiger partial charge in [0.25, 0.3) is 0 Å². The maximum atomic E-state index is 12.9. The fraction of sp³-hybridized carbons (Fsp3) is 0.480. The van der Waals surface area contributed by atoms with Crippen molar-refractivity contribution in [1.29, 1.82) is 0 Å². The molecule has 0 saturated carbocycles. The number of nitrogens with zero attached hydrogens (tertiary/aromatic N) is 3. The van der Waals surface area contributed by atoms with Gasteiger partial charge in [0.1, 0.15) is 5.82 Å². The molecule has 2 aromatic heterocycles. The Balaban J connectivity index is 0.00000141. The van der Waals surface area contributed by atoms with Crippen molar-refractivity contribution in [2.24, 2.45) is 11.8 Å². The van der Waals surface area contributed by atoms with E-state index in [9.17, 15) is 9.90 Å². The molecule has 4 rings (SSSR count). The van der Waals surface area contributed by atoms with Crippen LogP contribution >= 0.6 is 11.3 Å². The molecule has 7 heteroatoms. The van der Waals surface area contributed by atoms with Crippen LogP contribution in [0.15, 0.2) is 36.0 Å². The quantitative estimate of drug-likeness (QED) is 0.536. The summed E-state index contributed by atoms with van der Waals surface area (Å²) in [6.45, 7) is 12.4. The number of likely N-dealkylation sites (tertiary alicyclic amines) is 1. The van der Waals surface area contributed by atoms with E-state index >= 15 is 0 Å². The van der Waals surface area contributed by atoms with E-state index in [4.69, 9.17) is 0 Å². The molecule has 3 aromatic rings. The van der Waals surface area contributed by atoms with Crippen molar-refractivity contribution in [1.82, 2.24) is 19.9 Å². The number of rotatable bonds is 5. The highest BCUT2D eigenvalue weighted by molar-refractivity contribution is 7.13. The number of hydrogen-bond donors (Lipinski definition) is 2. The summed E-state index contributed by atoms with van der Waals surface area (Å²) in [5, 5.41) is 10.2. The Bertz CT molecular complexity index is 1020. The number of aromatic nitrogens is 3. The number of aryl methyl sites for hydroxylation is 1. The molecule has 1 amide bonds. The standard InChI is InChI=1S/C23H28N4O2S.C2H6/c1-13(2)14(3)23(29)27-11-18(28)9-20(27)22-24-10-19(26-22)16-5-7-17(8-6-16)21-15(4)25-12-30-21;1-2/h5-8,10,12-14,18,20,28H,9,11H2,1-4H3,(H,24,26);1-2H3. The molecule has 1 aliphatic rings. The largest absolute Gasteiger partial charge is 0.391 e. The van der Waals surface area contributed by atoms with Gasteiger partial charge < -0.3 is 15.0 Å². The first-order valence-electron chi connectivity index (χ1n) is 11.4. The number of β-amino-alcohol motifs (C(OH)–C–C–N with tert-alkyl or cyclic N) is 1. The van der Waals surface area contributed by atoms with Crippen LogP contribution in [0, 0.1) is 18.8 Å². The van der Waals surface area contributed by atoms with Crippen LogP contribution in [0.2, 0.25) is 0 Å². The number of amides is 1. The Labute approximate surface area is 194 Å². The average molecular weight is 455 g/mol. The summed E-state index contributed by atoms with van der Waals surface area (Å²) in [5.41, 5.74) is 5.99. The number of carbonyl (C=O) groups excluding carboxylic acids is 1. The van der Waals surface area contributed by atoms with Crippen molar-refractivity contribution < 1.29 is 9.90 Å². The number of imidazole rings is 1. The number of benzene rings is 1. The summed E-state index contributed by atoms with van der Waals surface area (Å²) in [6, 6.07) is 8.10. The van der Waals surface area contributed by atoms with Crippen LogP contribution in [-0.4, -0.2) is 43.5 Å². The fourth-order valence-corrected chi connectivity index (χ4v) is 4.71. The lowest BCUT2D eigenvalue weighted by Crippen LogP contribution is -2.37. The summed E-state index contributed by atoms with van der Waals surface area (Å²) < 4.78 is 0. The van der Waals surface area contributed by atoms with E-state index in [0.29, 0.717) is 13.0 Å². The summed E-state index contributed by atoms with van der Waals surface area (Å²) in [4.78, 5) is 28.2. The Morgan fingerprint density at radius 3 is 2.41 bits per heavy atom. The smallest absolute Gasteiger partial charge is 0.226 e. The molecule has 1 aliphatic heterocycles. The third kappa shape index (κ3) is 4.94. The van der Waals surface area contributed by atoms with Crippen molar-refractivity contribution in [3.8, 4) is 21.7 Å². The zero-order valence-corrected chi connectivity index (χ0v) is 20.6. The van der Waals surface area contributed by atoms with Gasteiger partial charge in [0.05, 0.1) is 40.1 Å². The Morgan fingerprint density at radius 1 is 1.16 bits per heavy atom. The minimum Gasteiger partial charge on any atom is -0.391 e. The highest BCUT2D eigenvalue weighted by atomic mass is 32.1. The molecule has 0 aliphatic carbocycles. The SMILES string of the molecule is CC.Cc1ncsc1-c1ccc(-c2cnc(C3CC(O)CN3C(=O)C(C)C(C)C)[nH]2)cc1. The van der Waals surface area contributed by atoms with Gasteiger partial charge >= 0.3 is 0 Å². The third-order valence-corrected chi connectivity index (χ3v) is 7.04. The maximum absolute atomic E-state index is 12.9. The van der Waals surface area contributed by atoms with Crippen LogP contribution in [0.25, 0.3) is 21.7 Å². The van der Waals surface area contributed by atoms with E-state index in [1.165, 1.54) is 4.88 Å². The van der Waals surface area contributed by atoms with E-state index in [1.54, 1.807) is 16.2 Å². The zero-order valence-electron chi connectivity index (χ0n) is 19.8. The molecule has 3 unspecified atom stereocenters. The van der Waals surface area contributed by atoms with Gasteiger partial charge in [-0.15, -0.1) is 11.3 Å². The summed E-state index contributed by atoms with van der Waals surface area (Å²) in [7, 11) is 0. The van der Waals surface area contributed by atoms with Crippen molar-refractivity contribution >= 4 is 17.2 Å². The van der Waals surface area contributed by atoms with E-state index in [0.717, 1.165) is 28.3 Å². The van der Waals surface area contributed by atoms with Gasteiger partial charge in [0.15, 0.2) is 0 Å². The number of H-pyrrole nitrogens is 1. The predicted molar refractivity (Wildman–Crippen MR) is 130 cm³/mol. The number of aliphatic hydroxyl groups excluding tert-OH is 1. The number of carbonyl (C=O) groups is 1. The zero-order chi connectivity index (χ0) is 23.4. The lowest BCUT2D eigenvalue weighted by Gasteiger charge is -2.27. The fourth-order valence-electron chi connectivity index (χ4n) is 3.90. The first-order valence-corrected chi connectivity index (χ1v) is 12.3. The molecular weight excluding hydrogens is 420 g/mol. The van der Waals surface area contributed by atoms with Crippen LogP contribution in [0.5, 0.6) is 0 Å². The van der Waals surface area contributed by atoms with Crippen molar-refractivity contribution in [3.05, 3.63) is 47.5 Å². The predicted octanol–water partition coefficient (Wildman–Crippen LogP) is 5.46. The molecule has 1 aromatic carbocycles. The topological polar surface area (TPSA) is 82.1 Å². The van der Waals surface area contributed by atoms with Crippen LogP contribution in [0.4, 0.5) is 0 Å². The highest BCUT2D eigenvalue weighted by Crippen LogP contribution is 2.34. The maximum Gasteiger partial charge on any atom is 0.226 e. The minimum absolute atomic E-state index is 0.0776. The summed E-state index contributed by atoms with van der Waals surface area (Å²) >= 11 is 1.64. The molecule has 1 saturated heterocycles. The van der Waals surface area contributed by atoms with E-state index in [-0.39, 0.29) is 23.8 Å². The first-order chi connectivity index (χ1) is 15.3. The van der Waals surface area contributed by atoms with Gasteiger partial charge in [0.2, 0.25) is 5.91 Å². The molecule has 172 valence electrons. The first kappa shape index (κ1) is 24.1. The van der Waals surface area contributed by atoms with Crippen LogP contribution in [0.1, 0.15) is 58.6 Å². The highest BCUT2D eigenvalue weighted by Gasteiger charge is 2.39.